The Labute approximate surface area is 182 Å². The molecule has 10 heteroatoms. The Hall–Kier alpha value is -2.94. The fraction of sp³-hybridized carbons (Fsp3) is 0.381. The van der Waals surface area contributed by atoms with E-state index in [1.807, 2.05) is 24.3 Å². The number of anilines is 1. The first kappa shape index (κ1) is 21.3. The molecule has 31 heavy (non-hydrogen) atoms. The summed E-state index contributed by atoms with van der Waals surface area (Å²) in [5.41, 5.74) is 1.72. The van der Waals surface area contributed by atoms with E-state index in [2.05, 4.69) is 22.4 Å². The number of hydrogen-bond acceptors (Lipinski definition) is 4. The molecule has 0 bridgehead atoms. The summed E-state index contributed by atoms with van der Waals surface area (Å²) < 4.78 is 34.8. The zero-order valence-electron chi connectivity index (χ0n) is 16.9. The van der Waals surface area contributed by atoms with Crippen molar-refractivity contribution in [1.29, 1.82) is 0 Å². The molecule has 1 N–H and O–H groups in total. The standard InChI is InChI=1S/C21H22ClF2N5O2/c1-2-13-3-7-16(8-4-13)31-12-28-10-15(9-25-28)26-17(30)11-29-20(14-5-6-14)18(22)19(27-29)21(23)24/h3-4,7-10,14,21H,2,5-6,11-12H2,1H3,(H,26,30). The van der Waals surface area contributed by atoms with E-state index in [0.29, 0.717) is 11.4 Å². The van der Waals surface area contributed by atoms with Crippen LogP contribution < -0.4 is 10.1 Å². The molecular formula is C21H22ClF2N5O2. The van der Waals surface area contributed by atoms with Crippen molar-refractivity contribution in [2.75, 3.05) is 5.32 Å². The van der Waals surface area contributed by atoms with Crippen molar-refractivity contribution in [3.8, 4) is 5.75 Å². The number of rotatable bonds is 9. The average Bonchev–Trinajstić information content (AvgIpc) is 3.39. The number of carbonyl (C=O) groups excluding carboxylic acids is 1. The van der Waals surface area contributed by atoms with Crippen molar-refractivity contribution in [3.63, 3.8) is 0 Å². The lowest BCUT2D eigenvalue weighted by atomic mass is 10.2. The van der Waals surface area contributed by atoms with Crippen molar-refractivity contribution >= 4 is 23.2 Å². The molecular weight excluding hydrogens is 428 g/mol. The molecule has 4 rings (SSSR count). The van der Waals surface area contributed by atoms with E-state index >= 15 is 0 Å². The highest BCUT2D eigenvalue weighted by molar-refractivity contribution is 6.32. The Kier molecular flexibility index (Phi) is 6.22. The van der Waals surface area contributed by atoms with Crippen LogP contribution in [0.1, 0.15) is 49.1 Å². The molecule has 1 aliphatic rings. The molecule has 0 radical (unpaired) electrons. The molecule has 1 saturated carbocycles. The molecule has 1 amide bonds. The van der Waals surface area contributed by atoms with Crippen molar-refractivity contribution in [2.45, 2.75) is 51.8 Å². The molecule has 1 aliphatic carbocycles. The summed E-state index contributed by atoms with van der Waals surface area (Å²) in [6, 6.07) is 7.79. The van der Waals surface area contributed by atoms with E-state index < -0.39 is 18.0 Å². The van der Waals surface area contributed by atoms with Crippen LogP contribution in [0.3, 0.4) is 0 Å². The van der Waals surface area contributed by atoms with Crippen molar-refractivity contribution in [3.05, 3.63) is 58.6 Å². The molecule has 2 heterocycles. The minimum atomic E-state index is -2.79. The number of nitrogens with zero attached hydrogens (tertiary/aromatic N) is 4. The van der Waals surface area contributed by atoms with Gasteiger partial charge in [0, 0.05) is 5.92 Å². The lowest BCUT2D eigenvalue weighted by molar-refractivity contribution is -0.117. The van der Waals surface area contributed by atoms with Gasteiger partial charge in [0.1, 0.15) is 18.0 Å². The second-order valence-corrected chi connectivity index (χ2v) is 7.78. The first-order chi connectivity index (χ1) is 14.9. The molecule has 2 aromatic heterocycles. The van der Waals surface area contributed by atoms with Crippen LogP contribution in [0.15, 0.2) is 36.7 Å². The van der Waals surface area contributed by atoms with Gasteiger partial charge in [0.05, 0.1) is 28.8 Å². The third-order valence-electron chi connectivity index (χ3n) is 5.03. The fourth-order valence-corrected chi connectivity index (χ4v) is 3.65. The number of aryl methyl sites for hydroxylation is 1. The third kappa shape index (κ3) is 5.04. The van der Waals surface area contributed by atoms with Gasteiger partial charge >= 0.3 is 0 Å². The molecule has 1 aromatic carbocycles. The number of halogens is 3. The van der Waals surface area contributed by atoms with Gasteiger partial charge in [-0.1, -0.05) is 30.7 Å². The summed E-state index contributed by atoms with van der Waals surface area (Å²) in [6.45, 7) is 2.06. The highest BCUT2D eigenvalue weighted by Gasteiger charge is 2.34. The van der Waals surface area contributed by atoms with E-state index in [-0.39, 0.29) is 24.2 Å². The Morgan fingerprint density at radius 2 is 2.06 bits per heavy atom. The van der Waals surface area contributed by atoms with Crippen molar-refractivity contribution < 1.29 is 18.3 Å². The number of alkyl halides is 2. The highest BCUT2D eigenvalue weighted by Crippen LogP contribution is 2.45. The number of aromatic nitrogens is 4. The second-order valence-electron chi connectivity index (χ2n) is 7.40. The molecule has 7 nitrogen and oxygen atoms in total. The summed E-state index contributed by atoms with van der Waals surface area (Å²) in [7, 11) is 0. The van der Waals surface area contributed by atoms with E-state index in [9.17, 15) is 13.6 Å². The van der Waals surface area contributed by atoms with Gasteiger partial charge in [-0.05, 0) is 37.0 Å². The van der Waals surface area contributed by atoms with E-state index in [4.69, 9.17) is 16.3 Å². The van der Waals surface area contributed by atoms with E-state index in [0.717, 1.165) is 25.0 Å². The van der Waals surface area contributed by atoms with Crippen molar-refractivity contribution in [2.24, 2.45) is 0 Å². The molecule has 164 valence electrons. The summed E-state index contributed by atoms with van der Waals surface area (Å²) in [5.74, 6) is 0.389. The van der Waals surface area contributed by atoms with Gasteiger partial charge in [0.25, 0.3) is 6.43 Å². The topological polar surface area (TPSA) is 74.0 Å². The Bertz CT molecular complexity index is 1060. The van der Waals surface area contributed by atoms with Gasteiger partial charge in [0.2, 0.25) is 5.91 Å². The first-order valence-electron chi connectivity index (χ1n) is 10.0. The van der Waals surface area contributed by atoms with Crippen LogP contribution in [0.25, 0.3) is 0 Å². The zero-order chi connectivity index (χ0) is 22.0. The van der Waals surface area contributed by atoms with E-state index in [1.54, 1.807) is 10.9 Å². The van der Waals surface area contributed by atoms with Gasteiger partial charge in [-0.25, -0.2) is 13.5 Å². The van der Waals surface area contributed by atoms with Crippen LogP contribution in [-0.4, -0.2) is 25.5 Å². The minimum Gasteiger partial charge on any atom is -0.471 e. The lowest BCUT2D eigenvalue weighted by Crippen LogP contribution is -2.20. The van der Waals surface area contributed by atoms with Gasteiger partial charge in [-0.3, -0.25) is 9.48 Å². The molecule has 0 atom stereocenters. The fourth-order valence-electron chi connectivity index (χ4n) is 3.28. The van der Waals surface area contributed by atoms with Crippen LogP contribution in [0.5, 0.6) is 5.75 Å². The van der Waals surface area contributed by atoms with Gasteiger partial charge in [0.15, 0.2) is 6.73 Å². The van der Waals surface area contributed by atoms with Gasteiger partial charge in [-0.2, -0.15) is 10.2 Å². The monoisotopic (exact) mass is 449 g/mol. The molecule has 0 unspecified atom stereocenters. The minimum absolute atomic E-state index is 0.0396. The molecule has 0 saturated heterocycles. The van der Waals surface area contributed by atoms with Crippen LogP contribution in [0.4, 0.5) is 14.5 Å². The number of nitrogens with one attached hydrogen (secondary N) is 1. The van der Waals surface area contributed by atoms with Crippen molar-refractivity contribution in [1.82, 2.24) is 19.6 Å². The number of amides is 1. The Morgan fingerprint density at radius 1 is 1.32 bits per heavy atom. The smallest absolute Gasteiger partial charge is 0.283 e. The summed E-state index contributed by atoms with van der Waals surface area (Å²) in [6.07, 6.45) is 2.99. The van der Waals surface area contributed by atoms with Gasteiger partial charge in [-0.15, -0.1) is 0 Å². The number of carbonyl (C=O) groups is 1. The maximum Gasteiger partial charge on any atom is 0.283 e. The summed E-state index contributed by atoms with van der Waals surface area (Å²) in [5, 5.41) is 10.7. The molecule has 0 aliphatic heterocycles. The maximum absolute atomic E-state index is 13.1. The van der Waals surface area contributed by atoms with E-state index in [1.165, 1.54) is 16.4 Å². The van der Waals surface area contributed by atoms with Gasteiger partial charge < -0.3 is 10.1 Å². The molecule has 3 aromatic rings. The van der Waals surface area contributed by atoms with Crippen LogP contribution in [-0.2, 0) is 24.5 Å². The quantitative estimate of drug-likeness (QED) is 0.510. The molecule has 0 spiro atoms. The second kappa shape index (κ2) is 9.05. The highest BCUT2D eigenvalue weighted by atomic mass is 35.5. The largest absolute Gasteiger partial charge is 0.471 e. The zero-order valence-corrected chi connectivity index (χ0v) is 17.6. The summed E-state index contributed by atoms with van der Waals surface area (Å²) in [4.78, 5) is 12.4. The predicted octanol–water partition coefficient (Wildman–Crippen LogP) is 4.79. The maximum atomic E-state index is 13.1. The Morgan fingerprint density at radius 3 is 2.71 bits per heavy atom. The first-order valence-corrected chi connectivity index (χ1v) is 10.4. The third-order valence-corrected chi connectivity index (χ3v) is 5.42. The number of benzene rings is 1. The number of hydrogen-bond donors (Lipinski definition) is 1. The predicted molar refractivity (Wildman–Crippen MR) is 111 cm³/mol. The Balaban J connectivity index is 1.35. The SMILES string of the molecule is CCc1ccc(OCn2cc(NC(=O)Cn3nc(C(F)F)c(Cl)c3C3CC3)cn2)cc1. The van der Waals surface area contributed by atoms with Crippen LogP contribution in [0.2, 0.25) is 5.02 Å². The summed E-state index contributed by atoms with van der Waals surface area (Å²) >= 11 is 6.09. The van der Waals surface area contributed by atoms with Crippen LogP contribution >= 0.6 is 11.6 Å². The lowest BCUT2D eigenvalue weighted by Gasteiger charge is -2.07. The molecule has 1 fully saturated rings. The normalized spacial score (nSPS) is 13.6. The van der Waals surface area contributed by atoms with Crippen LogP contribution in [0, 0.1) is 0 Å². The number of ether oxygens (including phenoxy) is 1. The average molecular weight is 450 g/mol.